The highest BCUT2D eigenvalue weighted by molar-refractivity contribution is 7.15. The van der Waals surface area contributed by atoms with Gasteiger partial charge in [0, 0.05) is 24.3 Å². The molecule has 0 radical (unpaired) electrons. The van der Waals surface area contributed by atoms with Gasteiger partial charge in [-0.25, -0.2) is 4.98 Å². The third kappa shape index (κ3) is 3.02. The van der Waals surface area contributed by atoms with Crippen LogP contribution in [0.2, 0.25) is 0 Å². The van der Waals surface area contributed by atoms with Gasteiger partial charge in [-0.15, -0.1) is 11.3 Å². The molecule has 0 atom stereocenters. The molecule has 1 aliphatic rings. The number of ether oxygens (including phenoxy) is 1. The number of hydrogen-bond donors (Lipinski definition) is 1. The Bertz CT molecular complexity index is 561. The number of nitrogens with one attached hydrogen (secondary N) is 1. The molecule has 1 aromatic carbocycles. The highest BCUT2D eigenvalue weighted by atomic mass is 32.1. The second kappa shape index (κ2) is 6.37. The van der Waals surface area contributed by atoms with E-state index in [4.69, 9.17) is 4.74 Å². The van der Waals surface area contributed by atoms with Crippen molar-refractivity contribution in [3.8, 4) is 16.2 Å². The van der Waals surface area contributed by atoms with Crippen LogP contribution in [-0.4, -0.2) is 18.1 Å². The van der Waals surface area contributed by atoms with Gasteiger partial charge in [-0.2, -0.15) is 0 Å². The van der Waals surface area contributed by atoms with E-state index in [2.05, 4.69) is 16.4 Å². The van der Waals surface area contributed by atoms with Crippen LogP contribution in [0.15, 0.2) is 30.5 Å². The van der Waals surface area contributed by atoms with Crippen LogP contribution in [0.25, 0.3) is 10.4 Å². The fourth-order valence-electron chi connectivity index (χ4n) is 2.73. The topological polar surface area (TPSA) is 34.1 Å². The van der Waals surface area contributed by atoms with E-state index in [0.717, 1.165) is 22.9 Å². The van der Waals surface area contributed by atoms with Crippen molar-refractivity contribution in [3.05, 3.63) is 35.5 Å². The SMILES string of the molecule is COc1ccccc1-c1cnc(CNC2CCCC2)s1. The summed E-state index contributed by atoms with van der Waals surface area (Å²) < 4.78 is 5.41. The van der Waals surface area contributed by atoms with Crippen LogP contribution >= 0.6 is 11.3 Å². The van der Waals surface area contributed by atoms with Crippen LogP contribution in [0.3, 0.4) is 0 Å². The van der Waals surface area contributed by atoms with E-state index in [0.29, 0.717) is 6.04 Å². The Morgan fingerprint density at radius 2 is 2.10 bits per heavy atom. The van der Waals surface area contributed by atoms with Gasteiger partial charge in [-0.05, 0) is 25.0 Å². The first-order chi connectivity index (χ1) is 9.86. The van der Waals surface area contributed by atoms with Crippen molar-refractivity contribution in [2.24, 2.45) is 0 Å². The largest absolute Gasteiger partial charge is 0.496 e. The van der Waals surface area contributed by atoms with Crippen molar-refractivity contribution in [2.75, 3.05) is 7.11 Å². The number of benzene rings is 1. The minimum Gasteiger partial charge on any atom is -0.496 e. The zero-order valence-electron chi connectivity index (χ0n) is 11.8. The Hall–Kier alpha value is -1.39. The average molecular weight is 288 g/mol. The molecule has 1 fully saturated rings. The van der Waals surface area contributed by atoms with Gasteiger partial charge in [0.05, 0.1) is 12.0 Å². The van der Waals surface area contributed by atoms with Crippen LogP contribution in [0.4, 0.5) is 0 Å². The van der Waals surface area contributed by atoms with Gasteiger partial charge < -0.3 is 10.1 Å². The molecule has 1 heterocycles. The van der Waals surface area contributed by atoms with Gasteiger partial charge in [0.15, 0.2) is 0 Å². The molecule has 20 heavy (non-hydrogen) atoms. The standard InChI is InChI=1S/C16H20N2OS/c1-19-14-9-5-4-8-13(14)15-10-18-16(20-15)11-17-12-6-2-3-7-12/h4-5,8-10,12,17H,2-3,6-7,11H2,1H3. The quantitative estimate of drug-likeness (QED) is 0.907. The first kappa shape index (κ1) is 13.6. The first-order valence-corrected chi connectivity index (χ1v) is 8.00. The summed E-state index contributed by atoms with van der Waals surface area (Å²) in [4.78, 5) is 5.70. The summed E-state index contributed by atoms with van der Waals surface area (Å²) in [6.07, 6.45) is 7.30. The zero-order valence-corrected chi connectivity index (χ0v) is 12.6. The monoisotopic (exact) mass is 288 g/mol. The van der Waals surface area contributed by atoms with Gasteiger partial charge in [0.2, 0.25) is 0 Å². The molecule has 1 aromatic heterocycles. The van der Waals surface area contributed by atoms with E-state index in [-0.39, 0.29) is 0 Å². The minimum atomic E-state index is 0.689. The molecule has 0 spiro atoms. The number of hydrogen-bond acceptors (Lipinski definition) is 4. The summed E-state index contributed by atoms with van der Waals surface area (Å²) in [5.74, 6) is 0.909. The van der Waals surface area contributed by atoms with Crippen LogP contribution in [0, 0.1) is 0 Å². The van der Waals surface area contributed by atoms with Crippen molar-refractivity contribution in [2.45, 2.75) is 38.3 Å². The van der Waals surface area contributed by atoms with Crippen molar-refractivity contribution in [1.82, 2.24) is 10.3 Å². The predicted molar refractivity (Wildman–Crippen MR) is 83.2 cm³/mol. The molecule has 0 amide bonds. The van der Waals surface area contributed by atoms with Gasteiger partial charge in [0.1, 0.15) is 10.8 Å². The lowest BCUT2D eigenvalue weighted by molar-refractivity contribution is 0.416. The fourth-order valence-corrected chi connectivity index (χ4v) is 3.63. The van der Waals surface area contributed by atoms with E-state index in [9.17, 15) is 0 Å². The fraction of sp³-hybridized carbons (Fsp3) is 0.438. The average Bonchev–Trinajstić information content (AvgIpc) is 3.16. The molecule has 1 saturated carbocycles. The Labute approximate surface area is 124 Å². The maximum atomic E-state index is 5.41. The lowest BCUT2D eigenvalue weighted by Gasteiger charge is -2.09. The Kier molecular flexibility index (Phi) is 4.33. The first-order valence-electron chi connectivity index (χ1n) is 7.18. The van der Waals surface area contributed by atoms with Crippen LogP contribution in [0.1, 0.15) is 30.7 Å². The number of rotatable bonds is 5. The molecular formula is C16H20N2OS. The Balaban J connectivity index is 1.69. The molecule has 0 unspecified atom stereocenters. The number of methoxy groups -OCH3 is 1. The zero-order chi connectivity index (χ0) is 13.8. The number of para-hydroxylation sites is 1. The van der Waals surface area contributed by atoms with Crippen molar-refractivity contribution >= 4 is 11.3 Å². The summed E-state index contributed by atoms with van der Waals surface area (Å²) in [5, 5.41) is 4.76. The number of nitrogens with zero attached hydrogens (tertiary/aromatic N) is 1. The molecule has 4 heteroatoms. The number of aromatic nitrogens is 1. The van der Waals surface area contributed by atoms with Gasteiger partial charge in [0.25, 0.3) is 0 Å². The predicted octanol–water partition coefficient (Wildman–Crippen LogP) is 3.85. The lowest BCUT2D eigenvalue weighted by Crippen LogP contribution is -2.25. The van der Waals surface area contributed by atoms with Gasteiger partial charge in [-0.1, -0.05) is 25.0 Å². The maximum absolute atomic E-state index is 5.41. The smallest absolute Gasteiger partial charge is 0.127 e. The summed E-state index contributed by atoms with van der Waals surface area (Å²) in [7, 11) is 1.71. The molecular weight excluding hydrogens is 268 g/mol. The van der Waals surface area contributed by atoms with Crippen molar-refractivity contribution in [3.63, 3.8) is 0 Å². The van der Waals surface area contributed by atoms with Gasteiger partial charge >= 0.3 is 0 Å². The van der Waals surface area contributed by atoms with Crippen LogP contribution in [-0.2, 0) is 6.54 Å². The van der Waals surface area contributed by atoms with Crippen molar-refractivity contribution in [1.29, 1.82) is 0 Å². The minimum absolute atomic E-state index is 0.689. The molecule has 106 valence electrons. The highest BCUT2D eigenvalue weighted by Crippen LogP contribution is 2.33. The van der Waals surface area contributed by atoms with E-state index in [1.807, 2.05) is 24.4 Å². The highest BCUT2D eigenvalue weighted by Gasteiger charge is 2.15. The van der Waals surface area contributed by atoms with Crippen molar-refractivity contribution < 1.29 is 4.74 Å². The molecule has 3 rings (SSSR count). The maximum Gasteiger partial charge on any atom is 0.127 e. The second-order valence-corrected chi connectivity index (χ2v) is 6.30. The molecule has 2 aromatic rings. The molecule has 1 aliphatic carbocycles. The number of thiazole rings is 1. The molecule has 1 N–H and O–H groups in total. The van der Waals surface area contributed by atoms with E-state index < -0.39 is 0 Å². The van der Waals surface area contributed by atoms with Crippen LogP contribution < -0.4 is 10.1 Å². The Morgan fingerprint density at radius 3 is 2.90 bits per heavy atom. The summed E-state index contributed by atoms with van der Waals surface area (Å²) in [5.41, 5.74) is 1.12. The summed E-state index contributed by atoms with van der Waals surface area (Å²) in [6.45, 7) is 0.879. The normalized spacial score (nSPS) is 15.7. The lowest BCUT2D eigenvalue weighted by atomic mass is 10.2. The summed E-state index contributed by atoms with van der Waals surface area (Å²) >= 11 is 1.75. The van der Waals surface area contributed by atoms with E-state index in [1.54, 1.807) is 18.4 Å². The van der Waals surface area contributed by atoms with Gasteiger partial charge in [-0.3, -0.25) is 0 Å². The molecule has 0 aliphatic heterocycles. The van der Waals surface area contributed by atoms with Crippen LogP contribution in [0.5, 0.6) is 5.75 Å². The Morgan fingerprint density at radius 1 is 1.30 bits per heavy atom. The molecule has 0 saturated heterocycles. The molecule has 3 nitrogen and oxygen atoms in total. The third-order valence-electron chi connectivity index (χ3n) is 3.82. The van der Waals surface area contributed by atoms with E-state index >= 15 is 0 Å². The molecule has 0 bridgehead atoms. The van der Waals surface area contributed by atoms with E-state index in [1.165, 1.54) is 30.6 Å². The summed E-state index contributed by atoms with van der Waals surface area (Å²) in [6, 6.07) is 8.79. The second-order valence-electron chi connectivity index (χ2n) is 5.18. The third-order valence-corrected chi connectivity index (χ3v) is 4.85.